The number of nitrogens with one attached hydrogen (secondary N) is 2. The SMILES string of the molecule is CC(C)Sc1ccc(C2(C)CNCCN2)cc1. The molecule has 0 amide bonds. The lowest BCUT2D eigenvalue weighted by atomic mass is 9.90. The lowest BCUT2D eigenvalue weighted by Gasteiger charge is -2.36. The van der Waals surface area contributed by atoms with Gasteiger partial charge in [0, 0.05) is 29.8 Å². The van der Waals surface area contributed by atoms with Gasteiger partial charge in [-0.3, -0.25) is 0 Å². The van der Waals surface area contributed by atoms with E-state index in [2.05, 4.69) is 55.7 Å². The standard InChI is InChI=1S/C14H22N2S/c1-11(2)17-13-6-4-12(5-7-13)14(3)10-15-8-9-16-14/h4-7,11,15-16H,8-10H2,1-3H3. The van der Waals surface area contributed by atoms with Crippen LogP contribution in [0.2, 0.25) is 0 Å². The molecule has 0 radical (unpaired) electrons. The van der Waals surface area contributed by atoms with Crippen molar-refractivity contribution in [3.05, 3.63) is 29.8 Å². The van der Waals surface area contributed by atoms with Crippen molar-refractivity contribution in [1.29, 1.82) is 0 Å². The minimum absolute atomic E-state index is 0.0826. The third-order valence-electron chi connectivity index (χ3n) is 3.16. The van der Waals surface area contributed by atoms with Crippen molar-refractivity contribution in [2.45, 2.75) is 36.5 Å². The van der Waals surface area contributed by atoms with E-state index in [-0.39, 0.29) is 5.54 Å². The maximum absolute atomic E-state index is 3.60. The molecule has 2 N–H and O–H groups in total. The summed E-state index contributed by atoms with van der Waals surface area (Å²) in [6, 6.07) is 8.98. The maximum atomic E-state index is 3.60. The van der Waals surface area contributed by atoms with Crippen LogP contribution in [0.15, 0.2) is 29.2 Å². The molecular formula is C14H22N2S. The summed E-state index contributed by atoms with van der Waals surface area (Å²) in [5.74, 6) is 0. The molecule has 0 spiro atoms. The summed E-state index contributed by atoms with van der Waals surface area (Å²) < 4.78 is 0. The Balaban J connectivity index is 2.11. The zero-order valence-corrected chi connectivity index (χ0v) is 11.7. The van der Waals surface area contributed by atoms with Crippen LogP contribution in [0.1, 0.15) is 26.3 Å². The molecule has 1 aliphatic heterocycles. The van der Waals surface area contributed by atoms with Crippen LogP contribution in [-0.2, 0) is 5.54 Å². The Hall–Kier alpha value is -0.510. The molecule has 3 heteroatoms. The van der Waals surface area contributed by atoms with Gasteiger partial charge < -0.3 is 10.6 Å². The molecule has 2 nitrogen and oxygen atoms in total. The highest BCUT2D eigenvalue weighted by atomic mass is 32.2. The van der Waals surface area contributed by atoms with Crippen molar-refractivity contribution >= 4 is 11.8 Å². The smallest absolute Gasteiger partial charge is 0.0532 e. The molecule has 1 aromatic carbocycles. The van der Waals surface area contributed by atoms with E-state index in [0.717, 1.165) is 19.6 Å². The molecule has 1 heterocycles. The molecule has 0 aromatic heterocycles. The van der Waals surface area contributed by atoms with E-state index in [9.17, 15) is 0 Å². The predicted molar refractivity (Wildman–Crippen MR) is 75.7 cm³/mol. The average molecular weight is 250 g/mol. The van der Waals surface area contributed by atoms with Gasteiger partial charge >= 0.3 is 0 Å². The highest BCUT2D eigenvalue weighted by Crippen LogP contribution is 2.27. The van der Waals surface area contributed by atoms with E-state index in [0.29, 0.717) is 5.25 Å². The van der Waals surface area contributed by atoms with E-state index >= 15 is 0 Å². The average Bonchev–Trinajstić information content (AvgIpc) is 2.30. The molecule has 0 aliphatic carbocycles. The molecule has 1 unspecified atom stereocenters. The molecule has 0 saturated carbocycles. The first kappa shape index (κ1) is 12.9. The summed E-state index contributed by atoms with van der Waals surface area (Å²) in [7, 11) is 0. The number of piperazine rings is 1. The molecule has 1 fully saturated rings. The van der Waals surface area contributed by atoms with E-state index < -0.39 is 0 Å². The monoisotopic (exact) mass is 250 g/mol. The lowest BCUT2D eigenvalue weighted by molar-refractivity contribution is 0.303. The van der Waals surface area contributed by atoms with Gasteiger partial charge in [0.2, 0.25) is 0 Å². The molecule has 1 aromatic rings. The van der Waals surface area contributed by atoms with Crippen LogP contribution >= 0.6 is 11.8 Å². The summed E-state index contributed by atoms with van der Waals surface area (Å²) in [4.78, 5) is 1.36. The zero-order valence-electron chi connectivity index (χ0n) is 10.9. The van der Waals surface area contributed by atoms with Gasteiger partial charge in [-0.05, 0) is 24.6 Å². The minimum atomic E-state index is 0.0826. The van der Waals surface area contributed by atoms with Crippen LogP contribution in [-0.4, -0.2) is 24.9 Å². The lowest BCUT2D eigenvalue weighted by Crippen LogP contribution is -2.54. The second-order valence-corrected chi connectivity index (χ2v) is 6.78. The van der Waals surface area contributed by atoms with Gasteiger partial charge in [-0.15, -0.1) is 11.8 Å². The van der Waals surface area contributed by atoms with Gasteiger partial charge in [-0.25, -0.2) is 0 Å². The van der Waals surface area contributed by atoms with Crippen LogP contribution in [0, 0.1) is 0 Å². The molecule has 1 aliphatic rings. The number of thioether (sulfide) groups is 1. The summed E-state index contributed by atoms with van der Waals surface area (Å²) in [5, 5.41) is 7.70. The third-order valence-corrected chi connectivity index (χ3v) is 4.17. The maximum Gasteiger partial charge on any atom is 0.0532 e. The van der Waals surface area contributed by atoms with Crippen LogP contribution in [0.5, 0.6) is 0 Å². The van der Waals surface area contributed by atoms with E-state index in [1.165, 1.54) is 10.5 Å². The van der Waals surface area contributed by atoms with Gasteiger partial charge in [0.1, 0.15) is 0 Å². The van der Waals surface area contributed by atoms with Gasteiger partial charge in [0.05, 0.1) is 5.54 Å². The van der Waals surface area contributed by atoms with Crippen molar-refractivity contribution in [2.24, 2.45) is 0 Å². The Morgan fingerprint density at radius 2 is 1.88 bits per heavy atom. The minimum Gasteiger partial charge on any atom is -0.313 e. The first-order valence-electron chi connectivity index (χ1n) is 6.33. The fourth-order valence-corrected chi connectivity index (χ4v) is 3.04. The topological polar surface area (TPSA) is 24.1 Å². The Morgan fingerprint density at radius 3 is 2.41 bits per heavy atom. The fraction of sp³-hybridized carbons (Fsp3) is 0.571. The van der Waals surface area contributed by atoms with Crippen molar-refractivity contribution in [1.82, 2.24) is 10.6 Å². The first-order valence-corrected chi connectivity index (χ1v) is 7.21. The Morgan fingerprint density at radius 1 is 1.18 bits per heavy atom. The Bertz CT molecular complexity index is 353. The highest BCUT2D eigenvalue weighted by molar-refractivity contribution is 7.99. The summed E-state index contributed by atoms with van der Waals surface area (Å²) in [5.41, 5.74) is 1.46. The normalized spacial score (nSPS) is 25.2. The summed E-state index contributed by atoms with van der Waals surface area (Å²) in [6.07, 6.45) is 0. The number of hydrogen-bond donors (Lipinski definition) is 2. The van der Waals surface area contributed by atoms with Crippen LogP contribution in [0.3, 0.4) is 0 Å². The second kappa shape index (κ2) is 5.42. The van der Waals surface area contributed by atoms with Crippen molar-refractivity contribution in [3.63, 3.8) is 0 Å². The Labute approximate surface area is 109 Å². The van der Waals surface area contributed by atoms with Crippen molar-refractivity contribution in [2.75, 3.05) is 19.6 Å². The number of hydrogen-bond acceptors (Lipinski definition) is 3. The van der Waals surface area contributed by atoms with Crippen molar-refractivity contribution in [3.8, 4) is 0 Å². The van der Waals surface area contributed by atoms with Crippen LogP contribution in [0.4, 0.5) is 0 Å². The largest absolute Gasteiger partial charge is 0.313 e. The van der Waals surface area contributed by atoms with E-state index in [1.807, 2.05) is 11.8 Å². The molecule has 1 saturated heterocycles. The molecule has 94 valence electrons. The summed E-state index contributed by atoms with van der Waals surface area (Å²) in [6.45, 7) is 9.84. The van der Waals surface area contributed by atoms with Gasteiger partial charge in [-0.2, -0.15) is 0 Å². The van der Waals surface area contributed by atoms with Gasteiger partial charge in [0.15, 0.2) is 0 Å². The summed E-state index contributed by atoms with van der Waals surface area (Å²) >= 11 is 1.92. The van der Waals surface area contributed by atoms with Crippen molar-refractivity contribution < 1.29 is 0 Å². The first-order chi connectivity index (χ1) is 8.10. The van der Waals surface area contributed by atoms with Crippen LogP contribution in [0.25, 0.3) is 0 Å². The third kappa shape index (κ3) is 3.24. The highest BCUT2D eigenvalue weighted by Gasteiger charge is 2.27. The second-order valence-electron chi connectivity index (χ2n) is 5.13. The number of benzene rings is 1. The zero-order chi connectivity index (χ0) is 12.3. The molecule has 0 bridgehead atoms. The molecular weight excluding hydrogens is 228 g/mol. The Kier molecular flexibility index (Phi) is 4.13. The molecule has 17 heavy (non-hydrogen) atoms. The van der Waals surface area contributed by atoms with Gasteiger partial charge in [0.25, 0.3) is 0 Å². The quantitative estimate of drug-likeness (QED) is 0.806. The molecule has 1 atom stereocenters. The van der Waals surface area contributed by atoms with Gasteiger partial charge in [-0.1, -0.05) is 26.0 Å². The molecule has 2 rings (SSSR count). The number of rotatable bonds is 3. The van der Waals surface area contributed by atoms with E-state index in [4.69, 9.17) is 0 Å². The van der Waals surface area contributed by atoms with Crippen LogP contribution < -0.4 is 10.6 Å². The van der Waals surface area contributed by atoms with E-state index in [1.54, 1.807) is 0 Å². The predicted octanol–water partition coefficient (Wildman–Crippen LogP) is 2.60. The fourth-order valence-electron chi connectivity index (χ4n) is 2.21.